The summed E-state index contributed by atoms with van der Waals surface area (Å²) in [7, 11) is 0. The van der Waals surface area contributed by atoms with Crippen molar-refractivity contribution in [1.29, 1.82) is 0 Å². The minimum atomic E-state index is -0.529. The van der Waals surface area contributed by atoms with Gasteiger partial charge in [-0.05, 0) is 42.9 Å². The van der Waals surface area contributed by atoms with Crippen LogP contribution in [0.4, 0.5) is 4.39 Å². The van der Waals surface area contributed by atoms with Crippen LogP contribution in [0.25, 0.3) is 6.08 Å². The van der Waals surface area contributed by atoms with Crippen molar-refractivity contribution in [3.8, 4) is 0 Å². The number of halogens is 1. The summed E-state index contributed by atoms with van der Waals surface area (Å²) in [5.74, 6) is -1.31. The fourth-order valence-corrected chi connectivity index (χ4v) is 2.17. The lowest BCUT2D eigenvalue weighted by Gasteiger charge is -2.27. The Bertz CT molecular complexity index is 667. The van der Waals surface area contributed by atoms with Crippen LogP contribution < -0.4 is 5.32 Å². The standard InChI is InChI=1S/C15H13FN2O2S/c1-2-18-14(20)12(13(19)17-15(18)21)8-4-6-10-5-3-7-11(16)9-10/h3-9H,2H2,1H3,(H,17,19,21). The molecule has 108 valence electrons. The average molecular weight is 304 g/mol. The van der Waals surface area contributed by atoms with Crippen LogP contribution in [0.1, 0.15) is 12.5 Å². The number of thiocarbonyl (C=S) groups is 1. The Kier molecular flexibility index (Phi) is 4.59. The third-order valence-electron chi connectivity index (χ3n) is 2.90. The minimum Gasteiger partial charge on any atom is -0.298 e. The number of rotatable bonds is 3. The van der Waals surface area contributed by atoms with Crippen molar-refractivity contribution in [2.75, 3.05) is 6.54 Å². The Morgan fingerprint density at radius 1 is 1.38 bits per heavy atom. The fraction of sp³-hybridized carbons (Fsp3) is 0.133. The van der Waals surface area contributed by atoms with Crippen LogP contribution in [-0.2, 0) is 9.59 Å². The topological polar surface area (TPSA) is 49.4 Å². The van der Waals surface area contributed by atoms with Gasteiger partial charge in [0.1, 0.15) is 11.4 Å². The molecule has 0 bridgehead atoms. The van der Waals surface area contributed by atoms with Crippen LogP contribution in [0.2, 0.25) is 0 Å². The van der Waals surface area contributed by atoms with E-state index in [4.69, 9.17) is 12.2 Å². The molecule has 2 amide bonds. The smallest absolute Gasteiger partial charge is 0.265 e. The number of amides is 2. The van der Waals surface area contributed by atoms with Crippen LogP contribution >= 0.6 is 12.2 Å². The summed E-state index contributed by atoms with van der Waals surface area (Å²) < 4.78 is 13.0. The molecule has 1 aromatic carbocycles. The lowest BCUT2D eigenvalue weighted by atomic mass is 10.1. The van der Waals surface area contributed by atoms with Crippen molar-refractivity contribution in [2.24, 2.45) is 0 Å². The van der Waals surface area contributed by atoms with Gasteiger partial charge in [0.05, 0.1) is 0 Å². The van der Waals surface area contributed by atoms with E-state index in [2.05, 4.69) is 5.32 Å². The Morgan fingerprint density at radius 3 is 2.81 bits per heavy atom. The number of carbonyl (C=O) groups is 2. The normalized spacial score (nSPS) is 17.7. The zero-order valence-corrected chi connectivity index (χ0v) is 12.1. The molecule has 1 heterocycles. The quantitative estimate of drug-likeness (QED) is 0.528. The van der Waals surface area contributed by atoms with Gasteiger partial charge < -0.3 is 0 Å². The SMILES string of the molecule is CCN1C(=O)C(=CC=Cc2cccc(F)c2)C(=O)NC1=S. The molecule has 0 aromatic heterocycles. The van der Waals surface area contributed by atoms with Gasteiger partial charge in [0, 0.05) is 6.54 Å². The van der Waals surface area contributed by atoms with Gasteiger partial charge in [-0.1, -0.05) is 24.3 Å². The first-order valence-electron chi connectivity index (χ1n) is 6.34. The molecule has 6 heteroatoms. The average Bonchev–Trinajstić information content (AvgIpc) is 2.43. The van der Waals surface area contributed by atoms with E-state index >= 15 is 0 Å². The van der Waals surface area contributed by atoms with Crippen molar-refractivity contribution in [2.45, 2.75) is 6.92 Å². The lowest BCUT2D eigenvalue weighted by Crippen LogP contribution is -2.53. The zero-order valence-electron chi connectivity index (χ0n) is 11.3. The first-order valence-corrected chi connectivity index (χ1v) is 6.75. The second-order valence-corrected chi connectivity index (χ2v) is 4.69. The highest BCUT2D eigenvalue weighted by atomic mass is 32.1. The molecule has 0 saturated carbocycles. The molecule has 0 unspecified atom stereocenters. The van der Waals surface area contributed by atoms with Crippen molar-refractivity contribution in [3.63, 3.8) is 0 Å². The van der Waals surface area contributed by atoms with Crippen LogP contribution in [0.15, 0.2) is 42.0 Å². The molecule has 0 radical (unpaired) electrons. The largest absolute Gasteiger partial charge is 0.298 e. The van der Waals surface area contributed by atoms with E-state index in [0.29, 0.717) is 12.1 Å². The molecule has 1 N–H and O–H groups in total. The zero-order chi connectivity index (χ0) is 15.4. The third-order valence-corrected chi connectivity index (χ3v) is 3.22. The molecule has 4 nitrogen and oxygen atoms in total. The second kappa shape index (κ2) is 6.41. The van der Waals surface area contributed by atoms with Gasteiger partial charge in [-0.25, -0.2) is 4.39 Å². The maximum Gasteiger partial charge on any atom is 0.265 e. The first kappa shape index (κ1) is 15.1. The molecule has 1 aliphatic rings. The van der Waals surface area contributed by atoms with E-state index < -0.39 is 11.8 Å². The predicted octanol–water partition coefficient (Wildman–Crippen LogP) is 2.03. The number of allylic oxidation sites excluding steroid dienone is 2. The molecule has 2 rings (SSSR count). The monoisotopic (exact) mass is 304 g/mol. The molecule has 0 aliphatic carbocycles. The van der Waals surface area contributed by atoms with Gasteiger partial charge in [-0.3, -0.25) is 19.8 Å². The van der Waals surface area contributed by atoms with Crippen molar-refractivity contribution >= 4 is 35.2 Å². The minimum absolute atomic E-state index is 0.00176. The summed E-state index contributed by atoms with van der Waals surface area (Å²) in [6, 6.07) is 5.99. The highest BCUT2D eigenvalue weighted by Gasteiger charge is 2.31. The van der Waals surface area contributed by atoms with Crippen molar-refractivity contribution < 1.29 is 14.0 Å². The molecule has 21 heavy (non-hydrogen) atoms. The molecule has 1 aliphatic heterocycles. The Hall–Kier alpha value is -2.34. The highest BCUT2D eigenvalue weighted by molar-refractivity contribution is 7.80. The molecular formula is C15H13FN2O2S. The summed E-state index contributed by atoms with van der Waals surface area (Å²) in [5.41, 5.74) is 0.636. The summed E-state index contributed by atoms with van der Waals surface area (Å²) in [4.78, 5) is 25.2. The van der Waals surface area contributed by atoms with E-state index in [1.807, 2.05) is 0 Å². The van der Waals surface area contributed by atoms with E-state index in [1.54, 1.807) is 25.1 Å². The van der Waals surface area contributed by atoms with Crippen LogP contribution in [0.3, 0.4) is 0 Å². The first-order chi connectivity index (χ1) is 10.0. The maximum absolute atomic E-state index is 13.0. The number of benzene rings is 1. The number of nitrogens with zero attached hydrogens (tertiary/aromatic N) is 1. The number of hydrogen-bond donors (Lipinski definition) is 1. The van der Waals surface area contributed by atoms with Crippen molar-refractivity contribution in [1.82, 2.24) is 10.2 Å². The van der Waals surface area contributed by atoms with Gasteiger partial charge in [0.15, 0.2) is 5.11 Å². The molecule has 0 atom stereocenters. The summed E-state index contributed by atoms with van der Waals surface area (Å²) in [6.45, 7) is 2.14. The molecular weight excluding hydrogens is 291 g/mol. The third kappa shape index (κ3) is 3.41. The predicted molar refractivity (Wildman–Crippen MR) is 81.6 cm³/mol. The van der Waals surface area contributed by atoms with Crippen LogP contribution in [0.5, 0.6) is 0 Å². The van der Waals surface area contributed by atoms with Gasteiger partial charge in [0.2, 0.25) is 0 Å². The number of likely N-dealkylation sites (N-methyl/N-ethyl adjacent to an activating group) is 1. The fourth-order valence-electron chi connectivity index (χ4n) is 1.87. The van der Waals surface area contributed by atoms with Crippen LogP contribution in [-0.4, -0.2) is 28.4 Å². The molecule has 1 fully saturated rings. The molecule has 1 saturated heterocycles. The number of carbonyl (C=O) groups excluding carboxylic acids is 2. The summed E-state index contributed by atoms with van der Waals surface area (Å²) in [5, 5.41) is 2.56. The Balaban J connectivity index is 2.21. The van der Waals surface area contributed by atoms with E-state index in [0.717, 1.165) is 0 Å². The summed E-state index contributed by atoms with van der Waals surface area (Å²) >= 11 is 4.92. The number of nitrogens with one attached hydrogen (secondary N) is 1. The van der Waals surface area contributed by atoms with Gasteiger partial charge in [0.25, 0.3) is 11.8 Å². The Labute approximate surface area is 126 Å². The molecule has 1 aromatic rings. The van der Waals surface area contributed by atoms with Crippen LogP contribution in [0, 0.1) is 5.82 Å². The van der Waals surface area contributed by atoms with E-state index in [1.165, 1.54) is 29.2 Å². The Morgan fingerprint density at radius 2 is 2.14 bits per heavy atom. The van der Waals surface area contributed by atoms with E-state index in [-0.39, 0.29) is 16.5 Å². The highest BCUT2D eigenvalue weighted by Crippen LogP contribution is 2.11. The van der Waals surface area contributed by atoms with Gasteiger partial charge >= 0.3 is 0 Å². The second-order valence-electron chi connectivity index (χ2n) is 4.30. The molecule has 0 spiro atoms. The lowest BCUT2D eigenvalue weighted by molar-refractivity contribution is -0.128. The summed E-state index contributed by atoms with van der Waals surface area (Å²) in [6.07, 6.45) is 4.54. The van der Waals surface area contributed by atoms with E-state index in [9.17, 15) is 14.0 Å². The van der Waals surface area contributed by atoms with Gasteiger partial charge in [-0.2, -0.15) is 0 Å². The van der Waals surface area contributed by atoms with Gasteiger partial charge in [-0.15, -0.1) is 0 Å². The van der Waals surface area contributed by atoms with Crippen molar-refractivity contribution in [3.05, 3.63) is 53.4 Å². The number of hydrogen-bond acceptors (Lipinski definition) is 3. The maximum atomic E-state index is 13.0.